The monoisotopic (exact) mass is 570 g/mol. The van der Waals surface area contributed by atoms with Crippen molar-refractivity contribution in [3.05, 3.63) is 48.6 Å². The normalized spacial score (nSPS) is 13.3. The first-order valence-electron chi connectivity index (χ1n) is 18.4. The van der Waals surface area contributed by atoms with Gasteiger partial charge in [-0.2, -0.15) is 0 Å². The maximum atomic E-state index is 2.45. The number of unbranched alkanes of at least 4 members (excludes halogenated alkanes) is 17. The third-order valence-corrected chi connectivity index (χ3v) is 8.33. The molecule has 0 heterocycles. The average molecular weight is 570 g/mol. The van der Waals surface area contributed by atoms with Crippen molar-refractivity contribution in [2.45, 2.75) is 181 Å². The summed E-state index contributed by atoms with van der Waals surface area (Å²) in [6.07, 6.45) is 54.3. The van der Waals surface area contributed by atoms with Gasteiger partial charge in [0.2, 0.25) is 0 Å². The van der Waals surface area contributed by atoms with Gasteiger partial charge in [-0.1, -0.05) is 152 Å². The summed E-state index contributed by atoms with van der Waals surface area (Å²) in [6, 6.07) is 0. The number of nitrogens with zero attached hydrogens (tertiary/aromatic N) is 1. The van der Waals surface area contributed by atoms with E-state index < -0.39 is 0 Å². The molecule has 1 atom stereocenters. The Morgan fingerprint density at radius 1 is 0.390 bits per heavy atom. The second-order valence-corrected chi connectivity index (χ2v) is 12.8. The van der Waals surface area contributed by atoms with E-state index in [1.54, 1.807) is 0 Å². The van der Waals surface area contributed by atoms with E-state index in [4.69, 9.17) is 0 Å². The van der Waals surface area contributed by atoms with E-state index in [0.717, 1.165) is 12.3 Å². The van der Waals surface area contributed by atoms with Gasteiger partial charge in [0, 0.05) is 0 Å². The van der Waals surface area contributed by atoms with Crippen LogP contribution in [0.15, 0.2) is 48.6 Å². The molecule has 0 aliphatic heterocycles. The Bertz CT molecular complexity index is 596. The SMILES string of the molecule is CCCCC=CCCCC=CCCCC(CCCCCCCCCC/C=C\C/C=C\CCCCCC)CCN(C)C. The fourth-order valence-corrected chi connectivity index (χ4v) is 5.50. The predicted octanol–water partition coefficient (Wildman–Crippen LogP) is 13.6. The lowest BCUT2D eigenvalue weighted by Crippen LogP contribution is -2.16. The van der Waals surface area contributed by atoms with Crippen molar-refractivity contribution in [1.82, 2.24) is 4.90 Å². The molecule has 240 valence electrons. The Morgan fingerprint density at radius 2 is 0.805 bits per heavy atom. The summed E-state index contributed by atoms with van der Waals surface area (Å²) in [5.74, 6) is 0.924. The van der Waals surface area contributed by atoms with Gasteiger partial charge in [0.15, 0.2) is 0 Å². The fourth-order valence-electron chi connectivity index (χ4n) is 5.50. The zero-order chi connectivity index (χ0) is 29.9. The molecule has 0 aliphatic carbocycles. The van der Waals surface area contributed by atoms with Gasteiger partial charge in [-0.3, -0.25) is 0 Å². The minimum atomic E-state index is 0.924. The van der Waals surface area contributed by atoms with E-state index in [1.807, 2.05) is 0 Å². The lowest BCUT2D eigenvalue weighted by atomic mass is 9.91. The van der Waals surface area contributed by atoms with Gasteiger partial charge in [0.25, 0.3) is 0 Å². The van der Waals surface area contributed by atoms with E-state index in [9.17, 15) is 0 Å². The van der Waals surface area contributed by atoms with E-state index >= 15 is 0 Å². The summed E-state index contributed by atoms with van der Waals surface area (Å²) in [7, 11) is 4.45. The van der Waals surface area contributed by atoms with Crippen LogP contribution in [-0.2, 0) is 0 Å². The Labute approximate surface area is 260 Å². The highest BCUT2D eigenvalue weighted by molar-refractivity contribution is 4.92. The van der Waals surface area contributed by atoms with Gasteiger partial charge in [-0.05, 0) is 104 Å². The van der Waals surface area contributed by atoms with Gasteiger partial charge in [0.1, 0.15) is 0 Å². The van der Waals surface area contributed by atoms with Crippen molar-refractivity contribution < 1.29 is 0 Å². The fraction of sp³-hybridized carbons (Fsp3) is 0.800. The van der Waals surface area contributed by atoms with Crippen molar-refractivity contribution in [2.24, 2.45) is 5.92 Å². The highest BCUT2D eigenvalue weighted by Crippen LogP contribution is 2.22. The Morgan fingerprint density at radius 3 is 1.37 bits per heavy atom. The summed E-state index contributed by atoms with van der Waals surface area (Å²) in [5.41, 5.74) is 0. The molecule has 0 fully saturated rings. The molecule has 1 nitrogen and oxygen atoms in total. The van der Waals surface area contributed by atoms with E-state index in [0.29, 0.717) is 0 Å². The molecule has 0 aromatic heterocycles. The first-order valence-corrected chi connectivity index (χ1v) is 18.4. The third kappa shape index (κ3) is 35.0. The van der Waals surface area contributed by atoms with Gasteiger partial charge >= 0.3 is 0 Å². The zero-order valence-corrected chi connectivity index (χ0v) is 28.7. The standard InChI is InChI=1S/C40H75N/c1-5-7-9-11-13-15-17-19-20-21-22-23-24-25-27-29-31-33-35-37-40(38-39-41(3)4)36-34-32-30-28-26-18-16-14-12-10-8-6-2/h12,14-15,17,20-21,28,30,40H,5-11,13,16,18-19,22-27,29,31-39H2,1-4H3/b14-12?,17-15-,21-20-,30-28?. The highest BCUT2D eigenvalue weighted by Gasteiger charge is 2.09. The molecule has 0 aliphatic rings. The average Bonchev–Trinajstić information content (AvgIpc) is 2.97. The van der Waals surface area contributed by atoms with Crippen LogP contribution in [0.4, 0.5) is 0 Å². The van der Waals surface area contributed by atoms with Gasteiger partial charge in [-0.15, -0.1) is 0 Å². The van der Waals surface area contributed by atoms with Crippen molar-refractivity contribution in [2.75, 3.05) is 20.6 Å². The molecule has 1 heteroatoms. The molecule has 0 saturated heterocycles. The molecular formula is C40H75N. The Kier molecular flexibility index (Phi) is 34.2. The minimum absolute atomic E-state index is 0.924. The van der Waals surface area contributed by atoms with Crippen LogP contribution in [0, 0.1) is 5.92 Å². The van der Waals surface area contributed by atoms with Gasteiger partial charge in [0.05, 0.1) is 0 Å². The van der Waals surface area contributed by atoms with Crippen LogP contribution < -0.4 is 0 Å². The molecule has 0 aromatic rings. The first-order chi connectivity index (χ1) is 20.2. The van der Waals surface area contributed by atoms with E-state index in [1.165, 1.54) is 167 Å². The number of hydrogen-bond acceptors (Lipinski definition) is 1. The zero-order valence-electron chi connectivity index (χ0n) is 28.7. The molecule has 0 saturated carbocycles. The highest BCUT2D eigenvalue weighted by atomic mass is 15.0. The maximum Gasteiger partial charge on any atom is -0.00222 e. The molecule has 0 radical (unpaired) electrons. The minimum Gasteiger partial charge on any atom is -0.309 e. The molecule has 0 N–H and O–H groups in total. The smallest absolute Gasteiger partial charge is 0.00222 e. The van der Waals surface area contributed by atoms with E-state index in [-0.39, 0.29) is 0 Å². The van der Waals surface area contributed by atoms with Crippen molar-refractivity contribution >= 4 is 0 Å². The molecule has 0 rings (SSSR count). The van der Waals surface area contributed by atoms with Crippen LogP contribution in [0.2, 0.25) is 0 Å². The molecule has 41 heavy (non-hydrogen) atoms. The largest absolute Gasteiger partial charge is 0.309 e. The second kappa shape index (κ2) is 35.1. The lowest BCUT2D eigenvalue weighted by molar-refractivity contribution is 0.317. The Hall–Kier alpha value is -1.08. The van der Waals surface area contributed by atoms with Crippen LogP contribution in [0.25, 0.3) is 0 Å². The summed E-state index contributed by atoms with van der Waals surface area (Å²) >= 11 is 0. The summed E-state index contributed by atoms with van der Waals surface area (Å²) in [5, 5.41) is 0. The van der Waals surface area contributed by atoms with Crippen molar-refractivity contribution in [3.63, 3.8) is 0 Å². The number of allylic oxidation sites excluding steroid dienone is 8. The Balaban J connectivity index is 3.69. The van der Waals surface area contributed by atoms with Crippen molar-refractivity contribution in [3.8, 4) is 0 Å². The van der Waals surface area contributed by atoms with Gasteiger partial charge < -0.3 is 4.90 Å². The molecule has 1 unspecified atom stereocenters. The van der Waals surface area contributed by atoms with Crippen LogP contribution in [0.3, 0.4) is 0 Å². The molecular weight excluding hydrogens is 494 g/mol. The summed E-state index contributed by atoms with van der Waals surface area (Å²) in [4.78, 5) is 2.37. The van der Waals surface area contributed by atoms with Crippen LogP contribution in [0.5, 0.6) is 0 Å². The number of hydrogen-bond donors (Lipinski definition) is 0. The molecule has 0 bridgehead atoms. The molecule has 0 spiro atoms. The van der Waals surface area contributed by atoms with Gasteiger partial charge in [-0.25, -0.2) is 0 Å². The number of rotatable bonds is 32. The van der Waals surface area contributed by atoms with Crippen molar-refractivity contribution in [1.29, 1.82) is 0 Å². The molecule has 0 amide bonds. The third-order valence-electron chi connectivity index (χ3n) is 8.33. The van der Waals surface area contributed by atoms with E-state index in [2.05, 4.69) is 81.5 Å². The predicted molar refractivity (Wildman–Crippen MR) is 190 cm³/mol. The van der Waals surface area contributed by atoms with Crippen LogP contribution in [-0.4, -0.2) is 25.5 Å². The van der Waals surface area contributed by atoms with Crippen LogP contribution >= 0.6 is 0 Å². The summed E-state index contributed by atoms with van der Waals surface area (Å²) < 4.78 is 0. The first kappa shape index (κ1) is 39.9. The molecule has 0 aromatic carbocycles. The maximum absolute atomic E-state index is 2.45. The van der Waals surface area contributed by atoms with Crippen LogP contribution in [0.1, 0.15) is 181 Å². The summed E-state index contributed by atoms with van der Waals surface area (Å²) in [6.45, 7) is 5.80. The quantitative estimate of drug-likeness (QED) is 0.0575. The second-order valence-electron chi connectivity index (χ2n) is 12.8. The topological polar surface area (TPSA) is 3.24 Å². The lowest BCUT2D eigenvalue weighted by Gasteiger charge is -2.19.